The lowest BCUT2D eigenvalue weighted by Crippen LogP contribution is -2.25. The quantitative estimate of drug-likeness (QED) is 0.389. The highest BCUT2D eigenvalue weighted by molar-refractivity contribution is 5.98. The highest BCUT2D eigenvalue weighted by Gasteiger charge is 2.12. The van der Waals surface area contributed by atoms with Gasteiger partial charge in [0.25, 0.3) is 0 Å². The predicted octanol–water partition coefficient (Wildman–Crippen LogP) is -0.598. The van der Waals surface area contributed by atoms with Crippen molar-refractivity contribution in [3.8, 4) is 0 Å². The molecule has 1 atom stereocenters. The van der Waals surface area contributed by atoms with Crippen molar-refractivity contribution in [1.82, 2.24) is 0 Å². The van der Waals surface area contributed by atoms with Crippen LogP contribution in [0.15, 0.2) is 0 Å². The van der Waals surface area contributed by atoms with Crippen molar-refractivity contribution in [2.24, 2.45) is 0 Å². The van der Waals surface area contributed by atoms with Crippen LogP contribution in [0.1, 0.15) is 20.3 Å². The third kappa shape index (κ3) is 2.79. The zero-order chi connectivity index (χ0) is 5.91. The Bertz CT molecular complexity index is 47.7. The molecule has 0 aromatic carbocycles. The summed E-state index contributed by atoms with van der Waals surface area (Å²) in [5.74, 6) is -0.855. The van der Waals surface area contributed by atoms with E-state index >= 15 is 0 Å². The Morgan fingerprint density at radius 2 is 2.29 bits per heavy atom. The molecule has 0 aromatic heterocycles. The maximum atomic E-state index is 8.94. The van der Waals surface area contributed by atoms with Crippen LogP contribution < -0.4 is 0 Å². The minimum absolute atomic E-state index is 0.607. The maximum absolute atomic E-state index is 8.94. The van der Waals surface area contributed by atoms with Gasteiger partial charge < -0.3 is 9.53 Å². The molecule has 0 aliphatic heterocycles. The zero-order valence-corrected chi connectivity index (χ0v) is 7.06. The van der Waals surface area contributed by atoms with Crippen LogP contribution >= 0.6 is 0 Å². The first kappa shape index (κ1) is 7.14. The Morgan fingerprint density at radius 1 is 1.86 bits per heavy atom. The van der Waals surface area contributed by atoms with E-state index in [1.54, 1.807) is 6.92 Å². The molecule has 3 heteroatoms. The fourth-order valence-corrected chi connectivity index (χ4v) is 0.433. The van der Waals surface area contributed by atoms with E-state index in [9.17, 15) is 0 Å². The van der Waals surface area contributed by atoms with Crippen LogP contribution in [0.3, 0.4) is 0 Å². The second-order valence-electron chi connectivity index (χ2n) is 1.73. The highest BCUT2D eigenvalue weighted by Crippen LogP contribution is 2.06. The SMILES string of the molecule is CC[C@](C)(O)O[SiH3]. The summed E-state index contributed by atoms with van der Waals surface area (Å²) in [6, 6.07) is 0. The van der Waals surface area contributed by atoms with E-state index in [0.29, 0.717) is 16.9 Å². The second-order valence-corrected chi connectivity index (χ2v) is 2.14. The average molecular weight is 120 g/mol. The van der Waals surface area contributed by atoms with Crippen LogP contribution in [0.4, 0.5) is 0 Å². The molecule has 0 aliphatic carbocycles. The lowest BCUT2D eigenvalue weighted by atomic mass is 10.3. The van der Waals surface area contributed by atoms with E-state index in [1.165, 1.54) is 0 Å². The van der Waals surface area contributed by atoms with E-state index in [1.807, 2.05) is 6.92 Å². The van der Waals surface area contributed by atoms with Gasteiger partial charge in [-0.2, -0.15) is 0 Å². The van der Waals surface area contributed by atoms with Crippen molar-refractivity contribution in [1.29, 1.82) is 0 Å². The van der Waals surface area contributed by atoms with Gasteiger partial charge in [0, 0.05) is 0 Å². The normalized spacial score (nSPS) is 19.3. The Morgan fingerprint density at radius 3 is 2.29 bits per heavy atom. The Balaban J connectivity index is 3.36. The van der Waals surface area contributed by atoms with Crippen molar-refractivity contribution >= 4 is 10.5 Å². The van der Waals surface area contributed by atoms with Gasteiger partial charge in [0.15, 0.2) is 5.79 Å². The molecule has 0 saturated heterocycles. The lowest BCUT2D eigenvalue weighted by molar-refractivity contribution is -0.119. The van der Waals surface area contributed by atoms with Crippen molar-refractivity contribution in [3.63, 3.8) is 0 Å². The first-order valence-corrected chi connectivity index (χ1v) is 3.21. The first-order chi connectivity index (χ1) is 3.12. The molecule has 0 heterocycles. The van der Waals surface area contributed by atoms with Crippen molar-refractivity contribution in [2.45, 2.75) is 26.1 Å². The fourth-order valence-electron chi connectivity index (χ4n) is 0.144. The summed E-state index contributed by atoms with van der Waals surface area (Å²) < 4.78 is 4.78. The van der Waals surface area contributed by atoms with Crippen LogP contribution in [0, 0.1) is 0 Å². The van der Waals surface area contributed by atoms with Crippen LogP contribution in [-0.2, 0) is 4.43 Å². The van der Waals surface area contributed by atoms with Gasteiger partial charge in [-0.05, 0) is 13.3 Å². The van der Waals surface area contributed by atoms with Gasteiger partial charge in [0.2, 0.25) is 0 Å². The highest BCUT2D eigenvalue weighted by atomic mass is 28.2. The van der Waals surface area contributed by atoms with Gasteiger partial charge >= 0.3 is 0 Å². The van der Waals surface area contributed by atoms with Gasteiger partial charge in [0.05, 0.1) is 0 Å². The summed E-state index contributed by atoms with van der Waals surface area (Å²) in [4.78, 5) is 0. The molecular weight excluding hydrogens is 108 g/mol. The van der Waals surface area contributed by atoms with Crippen LogP contribution in [0.25, 0.3) is 0 Å². The van der Waals surface area contributed by atoms with E-state index in [2.05, 4.69) is 0 Å². The van der Waals surface area contributed by atoms with E-state index in [0.717, 1.165) is 0 Å². The topological polar surface area (TPSA) is 29.5 Å². The molecule has 0 fully saturated rings. The van der Waals surface area contributed by atoms with Gasteiger partial charge in [-0.15, -0.1) is 0 Å². The minimum Gasteiger partial charge on any atom is -0.402 e. The lowest BCUT2D eigenvalue weighted by Gasteiger charge is -2.18. The molecule has 0 aliphatic rings. The van der Waals surface area contributed by atoms with Gasteiger partial charge in [0.1, 0.15) is 10.5 Å². The monoisotopic (exact) mass is 120 g/mol. The fraction of sp³-hybridized carbons (Fsp3) is 1.00. The molecule has 2 nitrogen and oxygen atoms in total. The summed E-state index contributed by atoms with van der Waals surface area (Å²) in [5, 5.41) is 8.94. The molecule has 0 spiro atoms. The Labute approximate surface area is 47.0 Å². The summed E-state index contributed by atoms with van der Waals surface area (Å²) in [7, 11) is 0.607. The third-order valence-electron chi connectivity index (χ3n) is 1.10. The van der Waals surface area contributed by atoms with Crippen LogP contribution in [-0.4, -0.2) is 21.4 Å². The van der Waals surface area contributed by atoms with E-state index in [-0.39, 0.29) is 0 Å². The molecule has 0 unspecified atom stereocenters. The maximum Gasteiger partial charge on any atom is 0.151 e. The van der Waals surface area contributed by atoms with Crippen LogP contribution in [0.2, 0.25) is 0 Å². The summed E-state index contributed by atoms with van der Waals surface area (Å²) in [5.41, 5.74) is 0. The summed E-state index contributed by atoms with van der Waals surface area (Å²) in [6.45, 7) is 3.55. The molecule has 0 bridgehead atoms. The Hall–Kier alpha value is 0.137. The van der Waals surface area contributed by atoms with Crippen molar-refractivity contribution < 1.29 is 9.53 Å². The molecule has 0 radical (unpaired) electrons. The number of hydrogen-bond donors (Lipinski definition) is 1. The molecule has 0 saturated carbocycles. The number of rotatable bonds is 2. The molecule has 7 heavy (non-hydrogen) atoms. The van der Waals surface area contributed by atoms with Gasteiger partial charge in [-0.3, -0.25) is 0 Å². The molecule has 0 amide bonds. The van der Waals surface area contributed by atoms with E-state index < -0.39 is 5.79 Å². The average Bonchev–Trinajstić information content (AvgIpc) is 1.68. The molecule has 0 aromatic rings. The largest absolute Gasteiger partial charge is 0.402 e. The van der Waals surface area contributed by atoms with Gasteiger partial charge in [-0.25, -0.2) is 0 Å². The van der Waals surface area contributed by atoms with Gasteiger partial charge in [-0.1, -0.05) is 6.92 Å². The molecular formula is C4H12O2Si. The number of aliphatic hydroxyl groups is 1. The zero-order valence-electron chi connectivity index (χ0n) is 5.06. The molecule has 0 rings (SSSR count). The van der Waals surface area contributed by atoms with Crippen molar-refractivity contribution in [2.75, 3.05) is 0 Å². The Kier molecular flexibility index (Phi) is 2.49. The number of hydrogen-bond acceptors (Lipinski definition) is 2. The standard InChI is InChI=1S/C4H12O2Si/c1-3-4(2,5)6-7/h5H,3H2,1-2,7H3/t4-/m1/s1. The molecule has 1 N–H and O–H groups in total. The summed E-state index contributed by atoms with van der Waals surface area (Å²) >= 11 is 0. The smallest absolute Gasteiger partial charge is 0.151 e. The van der Waals surface area contributed by atoms with E-state index in [4.69, 9.17) is 9.53 Å². The third-order valence-corrected chi connectivity index (χ3v) is 1.98. The van der Waals surface area contributed by atoms with Crippen molar-refractivity contribution in [3.05, 3.63) is 0 Å². The second kappa shape index (κ2) is 2.45. The van der Waals surface area contributed by atoms with Crippen LogP contribution in [0.5, 0.6) is 0 Å². The predicted molar refractivity (Wildman–Crippen MR) is 31.9 cm³/mol. The minimum atomic E-state index is -0.855. The molecule has 44 valence electrons. The summed E-state index contributed by atoms with van der Waals surface area (Å²) in [6.07, 6.45) is 0.663. The first-order valence-electron chi connectivity index (χ1n) is 2.40.